The SMILES string of the molecule is Cc1c(C(=O)O)cnn1C1CCN(C(=O)c2cc3c(s2)CCCCC3)CC1. The number of fused-ring (bicyclic) bond motifs is 1. The third-order valence-electron chi connectivity index (χ3n) is 5.83. The van der Waals surface area contributed by atoms with Crippen LogP contribution in [0.25, 0.3) is 0 Å². The molecule has 1 aliphatic heterocycles. The minimum Gasteiger partial charge on any atom is -0.478 e. The summed E-state index contributed by atoms with van der Waals surface area (Å²) in [5, 5.41) is 13.5. The zero-order chi connectivity index (χ0) is 19.0. The van der Waals surface area contributed by atoms with Crippen molar-refractivity contribution >= 4 is 23.2 Å². The van der Waals surface area contributed by atoms with Gasteiger partial charge < -0.3 is 10.0 Å². The number of amides is 1. The molecular formula is C20H25N3O3S. The second-order valence-electron chi connectivity index (χ2n) is 7.54. The topological polar surface area (TPSA) is 75.4 Å². The number of aromatic nitrogens is 2. The molecule has 1 N–H and O–H groups in total. The van der Waals surface area contributed by atoms with E-state index in [-0.39, 0.29) is 17.5 Å². The molecule has 27 heavy (non-hydrogen) atoms. The van der Waals surface area contributed by atoms with E-state index in [1.54, 1.807) is 18.3 Å². The van der Waals surface area contributed by atoms with Crippen LogP contribution in [0.15, 0.2) is 12.3 Å². The highest BCUT2D eigenvalue weighted by Gasteiger charge is 2.28. The van der Waals surface area contributed by atoms with Crippen molar-refractivity contribution in [3.63, 3.8) is 0 Å². The molecule has 0 radical (unpaired) electrons. The van der Waals surface area contributed by atoms with E-state index < -0.39 is 5.97 Å². The molecule has 1 amide bonds. The van der Waals surface area contributed by atoms with Gasteiger partial charge in [-0.2, -0.15) is 5.10 Å². The van der Waals surface area contributed by atoms with Crippen LogP contribution in [0.5, 0.6) is 0 Å². The molecule has 0 aromatic carbocycles. The molecule has 1 aliphatic carbocycles. The molecule has 7 heteroatoms. The van der Waals surface area contributed by atoms with Crippen molar-refractivity contribution in [2.45, 2.75) is 57.9 Å². The van der Waals surface area contributed by atoms with Crippen molar-refractivity contribution in [3.05, 3.63) is 38.8 Å². The molecule has 2 aromatic heterocycles. The van der Waals surface area contributed by atoms with E-state index in [4.69, 9.17) is 0 Å². The lowest BCUT2D eigenvalue weighted by Crippen LogP contribution is -2.39. The summed E-state index contributed by atoms with van der Waals surface area (Å²) >= 11 is 1.68. The van der Waals surface area contributed by atoms with E-state index in [0.29, 0.717) is 18.8 Å². The first-order valence-corrected chi connectivity index (χ1v) is 10.5. The number of aromatic carboxylic acids is 1. The van der Waals surface area contributed by atoms with Gasteiger partial charge in [0.15, 0.2) is 0 Å². The fourth-order valence-corrected chi connectivity index (χ4v) is 5.47. The number of carbonyl (C=O) groups excluding carboxylic acids is 1. The molecule has 6 nitrogen and oxygen atoms in total. The van der Waals surface area contributed by atoms with Crippen LogP contribution in [-0.2, 0) is 12.8 Å². The van der Waals surface area contributed by atoms with Crippen molar-refractivity contribution in [1.82, 2.24) is 14.7 Å². The summed E-state index contributed by atoms with van der Waals surface area (Å²) < 4.78 is 1.82. The summed E-state index contributed by atoms with van der Waals surface area (Å²) in [4.78, 5) is 28.4. The fraction of sp³-hybridized carbons (Fsp3) is 0.550. The first-order valence-electron chi connectivity index (χ1n) is 9.73. The van der Waals surface area contributed by atoms with Gasteiger partial charge in [-0.05, 0) is 57.1 Å². The second kappa shape index (κ2) is 7.46. The van der Waals surface area contributed by atoms with Gasteiger partial charge in [-0.3, -0.25) is 9.48 Å². The molecule has 0 spiro atoms. The highest BCUT2D eigenvalue weighted by atomic mass is 32.1. The number of thiophene rings is 1. The zero-order valence-corrected chi connectivity index (χ0v) is 16.4. The maximum atomic E-state index is 12.9. The molecule has 0 saturated carbocycles. The summed E-state index contributed by atoms with van der Waals surface area (Å²) in [6.07, 6.45) is 8.99. The first kappa shape index (κ1) is 18.2. The van der Waals surface area contributed by atoms with E-state index in [1.807, 2.05) is 9.58 Å². The van der Waals surface area contributed by atoms with Crippen LogP contribution in [-0.4, -0.2) is 44.8 Å². The van der Waals surface area contributed by atoms with Crippen molar-refractivity contribution < 1.29 is 14.7 Å². The predicted octanol–water partition coefficient (Wildman–Crippen LogP) is 3.70. The van der Waals surface area contributed by atoms with Crippen molar-refractivity contribution in [2.75, 3.05) is 13.1 Å². The highest BCUT2D eigenvalue weighted by molar-refractivity contribution is 7.14. The van der Waals surface area contributed by atoms with Gasteiger partial charge >= 0.3 is 5.97 Å². The summed E-state index contributed by atoms with van der Waals surface area (Å²) in [6.45, 7) is 3.17. The Hall–Kier alpha value is -2.15. The summed E-state index contributed by atoms with van der Waals surface area (Å²) in [7, 11) is 0. The molecule has 0 atom stereocenters. The predicted molar refractivity (Wildman–Crippen MR) is 104 cm³/mol. The fourth-order valence-electron chi connectivity index (χ4n) is 4.24. The minimum absolute atomic E-state index is 0.148. The Kier molecular flexibility index (Phi) is 5.04. The van der Waals surface area contributed by atoms with E-state index >= 15 is 0 Å². The molecule has 0 bridgehead atoms. The summed E-state index contributed by atoms with van der Waals surface area (Å²) in [5.41, 5.74) is 2.33. The van der Waals surface area contributed by atoms with Gasteiger partial charge in [-0.25, -0.2) is 4.79 Å². The number of carbonyl (C=O) groups is 2. The molecule has 2 aliphatic rings. The molecule has 1 fully saturated rings. The number of carboxylic acids is 1. The standard InChI is InChI=1S/C20H25N3O3S/c1-13-16(20(25)26)12-21-23(13)15-7-9-22(10-8-15)19(24)18-11-14-5-3-2-4-6-17(14)27-18/h11-12,15H,2-10H2,1H3,(H,25,26). The number of hydrogen-bond donors (Lipinski definition) is 1. The van der Waals surface area contributed by atoms with Gasteiger partial charge in [0.25, 0.3) is 5.91 Å². The number of hydrogen-bond acceptors (Lipinski definition) is 4. The minimum atomic E-state index is -0.941. The zero-order valence-electron chi connectivity index (χ0n) is 15.6. The molecule has 1 saturated heterocycles. The monoisotopic (exact) mass is 387 g/mol. The molecular weight excluding hydrogens is 362 g/mol. The van der Waals surface area contributed by atoms with Gasteiger partial charge in [0.2, 0.25) is 0 Å². The molecule has 3 heterocycles. The van der Waals surface area contributed by atoms with Gasteiger partial charge in [0.05, 0.1) is 22.8 Å². The lowest BCUT2D eigenvalue weighted by molar-refractivity contribution is 0.0691. The number of piperidine rings is 1. The number of rotatable bonds is 3. The van der Waals surface area contributed by atoms with E-state index in [2.05, 4.69) is 11.2 Å². The third kappa shape index (κ3) is 3.52. The third-order valence-corrected chi connectivity index (χ3v) is 7.06. The molecule has 144 valence electrons. The maximum Gasteiger partial charge on any atom is 0.339 e. The van der Waals surface area contributed by atoms with E-state index in [1.165, 1.54) is 35.9 Å². The van der Waals surface area contributed by atoms with Gasteiger partial charge in [0.1, 0.15) is 5.56 Å². The van der Waals surface area contributed by atoms with Crippen LogP contribution < -0.4 is 0 Å². The average molecular weight is 388 g/mol. The summed E-state index contributed by atoms with van der Waals surface area (Å²) in [6, 6.07) is 2.28. The van der Waals surface area contributed by atoms with Crippen LogP contribution in [0.1, 0.15) is 74.3 Å². The first-order chi connectivity index (χ1) is 13.0. The van der Waals surface area contributed by atoms with Crippen LogP contribution in [0.3, 0.4) is 0 Å². The van der Waals surface area contributed by atoms with Crippen molar-refractivity contribution in [1.29, 1.82) is 0 Å². The Labute approximate surface area is 162 Å². The Balaban J connectivity index is 1.42. The Morgan fingerprint density at radius 3 is 2.63 bits per heavy atom. The number of aryl methyl sites for hydroxylation is 2. The average Bonchev–Trinajstić information content (AvgIpc) is 3.18. The Morgan fingerprint density at radius 1 is 1.19 bits per heavy atom. The van der Waals surface area contributed by atoms with Gasteiger partial charge in [-0.15, -0.1) is 11.3 Å². The number of likely N-dealkylation sites (tertiary alicyclic amines) is 1. The summed E-state index contributed by atoms with van der Waals surface area (Å²) in [5.74, 6) is -0.793. The number of carboxylic acid groups (broad SMARTS) is 1. The smallest absolute Gasteiger partial charge is 0.339 e. The van der Waals surface area contributed by atoms with Crippen LogP contribution in [0, 0.1) is 6.92 Å². The van der Waals surface area contributed by atoms with Crippen molar-refractivity contribution in [3.8, 4) is 0 Å². The molecule has 2 aromatic rings. The van der Waals surface area contributed by atoms with Crippen molar-refractivity contribution in [2.24, 2.45) is 0 Å². The van der Waals surface area contributed by atoms with Crippen LogP contribution in [0.2, 0.25) is 0 Å². The molecule has 4 rings (SSSR count). The molecule has 0 unspecified atom stereocenters. The van der Waals surface area contributed by atoms with Gasteiger partial charge in [-0.1, -0.05) is 6.42 Å². The van der Waals surface area contributed by atoms with Crippen LogP contribution >= 0.6 is 11.3 Å². The maximum absolute atomic E-state index is 12.9. The second-order valence-corrected chi connectivity index (χ2v) is 8.67. The Morgan fingerprint density at radius 2 is 1.93 bits per heavy atom. The highest BCUT2D eigenvalue weighted by Crippen LogP contribution is 2.31. The lowest BCUT2D eigenvalue weighted by atomic mass is 10.0. The number of nitrogens with zero attached hydrogens (tertiary/aromatic N) is 3. The van der Waals surface area contributed by atoms with Gasteiger partial charge in [0, 0.05) is 18.0 Å². The largest absolute Gasteiger partial charge is 0.478 e. The van der Waals surface area contributed by atoms with E-state index in [0.717, 1.165) is 30.6 Å². The lowest BCUT2D eigenvalue weighted by Gasteiger charge is -2.32. The van der Waals surface area contributed by atoms with Crippen LogP contribution in [0.4, 0.5) is 0 Å². The Bertz CT molecular complexity index is 838. The van der Waals surface area contributed by atoms with E-state index in [9.17, 15) is 14.7 Å². The quantitative estimate of drug-likeness (QED) is 0.815. The normalized spacial score (nSPS) is 18.2.